The Morgan fingerprint density at radius 2 is 1.95 bits per heavy atom. The minimum absolute atomic E-state index is 0.0493. The average molecular weight is 281 g/mol. The Balaban J connectivity index is 2.35. The van der Waals surface area contributed by atoms with Crippen molar-refractivity contribution < 1.29 is 12.8 Å². The molecule has 100 valence electrons. The second kappa shape index (κ2) is 5.33. The first-order valence-corrected chi connectivity index (χ1v) is 6.93. The fourth-order valence-corrected chi connectivity index (χ4v) is 2.82. The van der Waals surface area contributed by atoms with Crippen molar-refractivity contribution in [2.24, 2.45) is 5.73 Å². The molecule has 2 rings (SSSR count). The van der Waals surface area contributed by atoms with Crippen LogP contribution in [-0.4, -0.2) is 13.4 Å². The number of sulfonamides is 1. The summed E-state index contributed by atoms with van der Waals surface area (Å²) in [6, 6.07) is 8.77. The van der Waals surface area contributed by atoms with E-state index < -0.39 is 15.8 Å². The molecule has 0 aliphatic rings. The van der Waals surface area contributed by atoms with Crippen LogP contribution in [0.4, 0.5) is 10.2 Å². The van der Waals surface area contributed by atoms with Crippen LogP contribution in [0.2, 0.25) is 0 Å². The van der Waals surface area contributed by atoms with E-state index in [1.54, 1.807) is 18.2 Å². The molecule has 0 spiro atoms. The van der Waals surface area contributed by atoms with Gasteiger partial charge in [-0.05, 0) is 23.8 Å². The van der Waals surface area contributed by atoms with Crippen LogP contribution in [-0.2, 0) is 16.6 Å². The second-order valence-electron chi connectivity index (χ2n) is 3.78. The molecule has 1 aromatic carbocycles. The molecule has 0 unspecified atom stereocenters. The van der Waals surface area contributed by atoms with Crippen molar-refractivity contribution in [2.75, 3.05) is 4.72 Å². The third-order valence-corrected chi connectivity index (χ3v) is 3.90. The van der Waals surface area contributed by atoms with E-state index >= 15 is 0 Å². The van der Waals surface area contributed by atoms with Gasteiger partial charge in [0.25, 0.3) is 10.0 Å². The molecule has 1 heterocycles. The number of rotatable bonds is 4. The highest BCUT2D eigenvalue weighted by molar-refractivity contribution is 7.92. The molecule has 0 saturated heterocycles. The van der Waals surface area contributed by atoms with E-state index in [2.05, 4.69) is 9.71 Å². The molecule has 0 aliphatic carbocycles. The molecule has 0 radical (unpaired) electrons. The summed E-state index contributed by atoms with van der Waals surface area (Å²) in [5.74, 6) is -0.487. The smallest absolute Gasteiger partial charge is 0.263 e. The van der Waals surface area contributed by atoms with Gasteiger partial charge in [0.15, 0.2) is 0 Å². The summed E-state index contributed by atoms with van der Waals surface area (Å²) in [6.07, 6.45) is 0.937. The fraction of sp³-hybridized carbons (Fsp3) is 0.0833. The Morgan fingerprint density at radius 1 is 1.21 bits per heavy atom. The van der Waals surface area contributed by atoms with Gasteiger partial charge in [0.2, 0.25) is 0 Å². The molecule has 3 N–H and O–H groups in total. The highest BCUT2D eigenvalue weighted by atomic mass is 32.2. The van der Waals surface area contributed by atoms with E-state index in [1.165, 1.54) is 12.1 Å². The number of nitrogens with zero attached hydrogens (tertiary/aromatic N) is 1. The van der Waals surface area contributed by atoms with Crippen LogP contribution >= 0.6 is 0 Å². The maximum absolute atomic E-state index is 12.7. The highest BCUT2D eigenvalue weighted by Crippen LogP contribution is 2.18. The van der Waals surface area contributed by atoms with Gasteiger partial charge in [0, 0.05) is 6.54 Å². The SMILES string of the molecule is NCc1ccccc1S(=O)(=O)Nc1ccc(F)cn1. The monoisotopic (exact) mass is 281 g/mol. The zero-order valence-corrected chi connectivity index (χ0v) is 10.7. The Kier molecular flexibility index (Phi) is 3.77. The van der Waals surface area contributed by atoms with Crippen LogP contribution in [0.25, 0.3) is 0 Å². The van der Waals surface area contributed by atoms with Gasteiger partial charge in [-0.1, -0.05) is 18.2 Å². The summed E-state index contributed by atoms with van der Waals surface area (Å²) in [7, 11) is -3.78. The maximum atomic E-state index is 12.7. The number of nitrogens with two attached hydrogens (primary N) is 1. The van der Waals surface area contributed by atoms with Crippen molar-refractivity contribution in [3.63, 3.8) is 0 Å². The summed E-state index contributed by atoms with van der Waals surface area (Å²) in [5, 5.41) is 0. The van der Waals surface area contributed by atoms with Gasteiger partial charge in [0.05, 0.1) is 11.1 Å². The van der Waals surface area contributed by atoms with Gasteiger partial charge >= 0.3 is 0 Å². The molecule has 5 nitrogen and oxygen atoms in total. The van der Waals surface area contributed by atoms with E-state index in [1.807, 2.05) is 0 Å². The quantitative estimate of drug-likeness (QED) is 0.889. The normalized spacial score (nSPS) is 11.3. The minimum Gasteiger partial charge on any atom is -0.326 e. The number of aromatic nitrogens is 1. The van der Waals surface area contributed by atoms with Crippen molar-refractivity contribution in [1.29, 1.82) is 0 Å². The van der Waals surface area contributed by atoms with Crippen LogP contribution in [0.5, 0.6) is 0 Å². The average Bonchev–Trinajstić information content (AvgIpc) is 2.41. The second-order valence-corrected chi connectivity index (χ2v) is 5.43. The summed E-state index contributed by atoms with van der Waals surface area (Å²) >= 11 is 0. The van der Waals surface area contributed by atoms with Crippen LogP contribution in [0.1, 0.15) is 5.56 Å². The lowest BCUT2D eigenvalue weighted by Crippen LogP contribution is -2.16. The number of pyridine rings is 1. The predicted octanol–water partition coefficient (Wildman–Crippen LogP) is 1.48. The standard InChI is InChI=1S/C12H12FN3O2S/c13-10-5-6-12(15-8-10)16-19(17,18)11-4-2-1-3-9(11)7-14/h1-6,8H,7,14H2,(H,15,16). The lowest BCUT2D eigenvalue weighted by Gasteiger charge is -2.10. The molecular weight excluding hydrogens is 269 g/mol. The van der Waals surface area contributed by atoms with Crippen LogP contribution in [0, 0.1) is 5.82 Å². The number of halogens is 1. The molecule has 0 bridgehead atoms. The lowest BCUT2D eigenvalue weighted by molar-refractivity contribution is 0.599. The number of anilines is 1. The van der Waals surface area contributed by atoms with Crippen LogP contribution < -0.4 is 10.5 Å². The van der Waals surface area contributed by atoms with Gasteiger partial charge < -0.3 is 5.73 Å². The summed E-state index contributed by atoms with van der Waals surface area (Å²) < 4.78 is 39.3. The first-order chi connectivity index (χ1) is 9.03. The molecular formula is C12H12FN3O2S. The van der Waals surface area contributed by atoms with E-state index in [4.69, 9.17) is 5.73 Å². The van der Waals surface area contributed by atoms with Crippen molar-refractivity contribution in [2.45, 2.75) is 11.4 Å². The largest absolute Gasteiger partial charge is 0.326 e. The third kappa shape index (κ3) is 3.07. The number of nitrogens with one attached hydrogen (secondary N) is 1. The van der Waals surface area contributed by atoms with Crippen LogP contribution in [0.15, 0.2) is 47.5 Å². The van der Waals surface area contributed by atoms with Gasteiger partial charge in [-0.3, -0.25) is 4.72 Å². The molecule has 7 heteroatoms. The molecule has 19 heavy (non-hydrogen) atoms. The fourth-order valence-electron chi connectivity index (χ4n) is 1.56. The summed E-state index contributed by atoms with van der Waals surface area (Å²) in [6.45, 7) is 0.105. The van der Waals surface area contributed by atoms with Crippen molar-refractivity contribution in [3.05, 3.63) is 54.0 Å². The zero-order valence-electron chi connectivity index (χ0n) is 9.88. The van der Waals surface area contributed by atoms with Crippen molar-refractivity contribution in [3.8, 4) is 0 Å². The molecule has 1 aromatic heterocycles. The Labute approximate surface area is 110 Å². The van der Waals surface area contributed by atoms with Gasteiger partial charge in [-0.15, -0.1) is 0 Å². The van der Waals surface area contributed by atoms with Gasteiger partial charge in [-0.25, -0.2) is 17.8 Å². The highest BCUT2D eigenvalue weighted by Gasteiger charge is 2.17. The van der Waals surface area contributed by atoms with Crippen molar-refractivity contribution >= 4 is 15.8 Å². The van der Waals surface area contributed by atoms with Gasteiger partial charge in [-0.2, -0.15) is 0 Å². The Bertz CT molecular complexity index is 672. The first-order valence-electron chi connectivity index (χ1n) is 5.45. The van der Waals surface area contributed by atoms with E-state index in [9.17, 15) is 12.8 Å². The van der Waals surface area contributed by atoms with E-state index in [-0.39, 0.29) is 17.3 Å². The number of hydrogen-bond acceptors (Lipinski definition) is 4. The van der Waals surface area contributed by atoms with Crippen molar-refractivity contribution in [1.82, 2.24) is 4.98 Å². The molecule has 2 aromatic rings. The molecule has 0 aliphatic heterocycles. The molecule has 0 saturated carbocycles. The van der Waals surface area contributed by atoms with E-state index in [0.29, 0.717) is 5.56 Å². The van der Waals surface area contributed by atoms with E-state index in [0.717, 1.165) is 12.3 Å². The molecule has 0 fully saturated rings. The topological polar surface area (TPSA) is 85.1 Å². The molecule has 0 atom stereocenters. The first kappa shape index (κ1) is 13.4. The molecule has 0 amide bonds. The summed E-state index contributed by atoms with van der Waals surface area (Å²) in [5.41, 5.74) is 6.00. The number of benzene rings is 1. The number of hydrogen-bond donors (Lipinski definition) is 2. The summed E-state index contributed by atoms with van der Waals surface area (Å²) in [4.78, 5) is 3.73. The lowest BCUT2D eigenvalue weighted by atomic mass is 10.2. The Morgan fingerprint density at radius 3 is 2.58 bits per heavy atom. The third-order valence-electron chi connectivity index (χ3n) is 2.45. The minimum atomic E-state index is -3.78. The van der Waals surface area contributed by atoms with Crippen LogP contribution in [0.3, 0.4) is 0 Å². The van der Waals surface area contributed by atoms with Gasteiger partial charge in [0.1, 0.15) is 11.6 Å². The Hall–Kier alpha value is -1.99. The zero-order chi connectivity index (χ0) is 13.9. The predicted molar refractivity (Wildman–Crippen MR) is 69.3 cm³/mol. The maximum Gasteiger partial charge on any atom is 0.263 e.